The van der Waals surface area contributed by atoms with E-state index in [4.69, 9.17) is 22.3 Å². The molecule has 3 rings (SSSR count). The Bertz CT molecular complexity index is 593. The van der Waals surface area contributed by atoms with Gasteiger partial charge in [0.1, 0.15) is 5.82 Å². The highest BCUT2D eigenvalue weighted by atomic mass is 35.5. The Kier molecular flexibility index (Phi) is 3.27. The molecule has 19 heavy (non-hydrogen) atoms. The molecule has 0 bridgehead atoms. The van der Waals surface area contributed by atoms with Crippen molar-refractivity contribution in [3.8, 4) is 0 Å². The van der Waals surface area contributed by atoms with Gasteiger partial charge in [0.25, 0.3) is 0 Å². The molecule has 0 unspecified atom stereocenters. The molecule has 102 valence electrons. The van der Waals surface area contributed by atoms with Crippen molar-refractivity contribution in [1.82, 2.24) is 9.55 Å². The van der Waals surface area contributed by atoms with Gasteiger partial charge in [-0.3, -0.25) is 0 Å². The number of aromatic nitrogens is 2. The normalized spacial score (nSPS) is 17.6. The first kappa shape index (κ1) is 12.9. The molecule has 0 spiro atoms. The molecule has 4 heteroatoms. The summed E-state index contributed by atoms with van der Waals surface area (Å²) in [6.45, 7) is 3.84. The molecule has 1 aliphatic carbocycles. The Morgan fingerprint density at radius 3 is 2.79 bits per heavy atom. The minimum Gasteiger partial charge on any atom is -0.330 e. The van der Waals surface area contributed by atoms with Gasteiger partial charge in [-0.05, 0) is 49.9 Å². The van der Waals surface area contributed by atoms with E-state index in [2.05, 4.69) is 11.5 Å². The van der Waals surface area contributed by atoms with E-state index < -0.39 is 0 Å². The van der Waals surface area contributed by atoms with Crippen molar-refractivity contribution in [3.63, 3.8) is 0 Å². The summed E-state index contributed by atoms with van der Waals surface area (Å²) in [5, 5.41) is 0.769. The van der Waals surface area contributed by atoms with Crippen molar-refractivity contribution >= 4 is 22.6 Å². The molecular weight excluding hydrogens is 258 g/mol. The van der Waals surface area contributed by atoms with Crippen LogP contribution in [0.25, 0.3) is 11.0 Å². The Labute approximate surface area is 118 Å². The van der Waals surface area contributed by atoms with Crippen molar-refractivity contribution in [3.05, 3.63) is 29.0 Å². The minimum absolute atomic E-state index is 0.290. The van der Waals surface area contributed by atoms with Gasteiger partial charge >= 0.3 is 0 Å². The van der Waals surface area contributed by atoms with Gasteiger partial charge in [-0.25, -0.2) is 4.98 Å². The molecule has 1 saturated carbocycles. The van der Waals surface area contributed by atoms with E-state index in [1.165, 1.54) is 19.3 Å². The molecule has 3 nitrogen and oxygen atoms in total. The Hall–Kier alpha value is -1.06. The van der Waals surface area contributed by atoms with Crippen LogP contribution < -0.4 is 5.73 Å². The molecule has 0 atom stereocenters. The molecule has 1 fully saturated rings. The second kappa shape index (κ2) is 4.80. The van der Waals surface area contributed by atoms with E-state index in [1.54, 1.807) is 0 Å². The number of hydrogen-bond donors (Lipinski definition) is 1. The van der Waals surface area contributed by atoms with Gasteiger partial charge in [0.05, 0.1) is 11.0 Å². The lowest BCUT2D eigenvalue weighted by atomic mass is 9.66. The highest BCUT2D eigenvalue weighted by Gasteiger charge is 2.37. The summed E-state index contributed by atoms with van der Waals surface area (Å²) < 4.78 is 2.27. The van der Waals surface area contributed by atoms with Gasteiger partial charge < -0.3 is 10.3 Å². The maximum absolute atomic E-state index is 6.09. The highest BCUT2D eigenvalue weighted by molar-refractivity contribution is 6.31. The van der Waals surface area contributed by atoms with Crippen LogP contribution in [0, 0.1) is 5.41 Å². The number of nitrogens with two attached hydrogens (primary N) is 1. The minimum atomic E-state index is 0.290. The predicted molar refractivity (Wildman–Crippen MR) is 79.5 cm³/mol. The molecule has 0 saturated heterocycles. The quantitative estimate of drug-likeness (QED) is 0.931. The molecule has 0 radical (unpaired) electrons. The summed E-state index contributed by atoms with van der Waals surface area (Å²) >= 11 is 6.09. The van der Waals surface area contributed by atoms with Gasteiger partial charge in [-0.15, -0.1) is 0 Å². The summed E-state index contributed by atoms with van der Waals surface area (Å²) in [6.07, 6.45) is 4.76. The van der Waals surface area contributed by atoms with Crippen LogP contribution in [0.2, 0.25) is 5.02 Å². The van der Waals surface area contributed by atoms with Crippen LogP contribution in [-0.2, 0) is 13.0 Å². The van der Waals surface area contributed by atoms with Gasteiger partial charge in [-0.1, -0.05) is 18.0 Å². The second-order valence-corrected chi connectivity index (χ2v) is 6.08. The standard InChI is InChI=1S/C15H20ClN3/c1-2-19-13-8-11(16)4-5-12(13)18-14(19)9-15(10-17)6-3-7-15/h4-5,8H,2-3,6-7,9-10,17H2,1H3. The number of aryl methyl sites for hydroxylation is 1. The SMILES string of the molecule is CCn1c(CC2(CN)CCC2)nc2ccc(Cl)cc21. The molecule has 0 aliphatic heterocycles. The fraction of sp³-hybridized carbons (Fsp3) is 0.533. The van der Waals surface area contributed by atoms with E-state index in [1.807, 2.05) is 18.2 Å². The zero-order chi connectivity index (χ0) is 13.5. The zero-order valence-corrected chi connectivity index (χ0v) is 12.1. The summed E-state index contributed by atoms with van der Waals surface area (Å²) in [4.78, 5) is 4.79. The molecular formula is C15H20ClN3. The zero-order valence-electron chi connectivity index (χ0n) is 11.3. The van der Waals surface area contributed by atoms with Gasteiger partial charge in [0.15, 0.2) is 0 Å². The summed E-state index contributed by atoms with van der Waals surface area (Å²) in [6, 6.07) is 5.92. The van der Waals surface area contributed by atoms with Crippen LogP contribution in [0.5, 0.6) is 0 Å². The third kappa shape index (κ3) is 2.15. The van der Waals surface area contributed by atoms with Crippen molar-refractivity contribution in [2.24, 2.45) is 11.1 Å². The Balaban J connectivity index is 2.03. The highest BCUT2D eigenvalue weighted by Crippen LogP contribution is 2.42. The fourth-order valence-corrected chi connectivity index (χ4v) is 3.27. The van der Waals surface area contributed by atoms with Crippen LogP contribution in [0.15, 0.2) is 18.2 Å². The first-order chi connectivity index (χ1) is 9.17. The smallest absolute Gasteiger partial charge is 0.110 e. The summed E-state index contributed by atoms with van der Waals surface area (Å²) in [7, 11) is 0. The number of imidazole rings is 1. The molecule has 2 aromatic rings. The fourth-order valence-electron chi connectivity index (χ4n) is 3.10. The van der Waals surface area contributed by atoms with E-state index in [9.17, 15) is 0 Å². The lowest BCUT2D eigenvalue weighted by molar-refractivity contribution is 0.140. The number of nitrogens with zero attached hydrogens (tertiary/aromatic N) is 2. The molecule has 1 heterocycles. The largest absolute Gasteiger partial charge is 0.330 e. The predicted octanol–water partition coefficient (Wildman–Crippen LogP) is 3.38. The van der Waals surface area contributed by atoms with E-state index in [0.29, 0.717) is 0 Å². The molecule has 0 amide bonds. The lowest BCUT2D eigenvalue weighted by Crippen LogP contribution is -2.39. The third-order valence-electron chi connectivity index (χ3n) is 4.49. The number of benzene rings is 1. The number of hydrogen-bond acceptors (Lipinski definition) is 2. The van der Waals surface area contributed by atoms with Crippen molar-refractivity contribution in [1.29, 1.82) is 0 Å². The Morgan fingerprint density at radius 1 is 1.42 bits per heavy atom. The second-order valence-electron chi connectivity index (χ2n) is 5.64. The summed E-state index contributed by atoms with van der Waals surface area (Å²) in [5.74, 6) is 1.16. The monoisotopic (exact) mass is 277 g/mol. The molecule has 1 aromatic heterocycles. The molecule has 2 N–H and O–H groups in total. The molecule has 1 aromatic carbocycles. The number of halogens is 1. The van der Waals surface area contributed by atoms with Crippen LogP contribution in [-0.4, -0.2) is 16.1 Å². The van der Waals surface area contributed by atoms with Crippen molar-refractivity contribution in [2.75, 3.05) is 6.54 Å². The topological polar surface area (TPSA) is 43.8 Å². The van der Waals surface area contributed by atoms with E-state index in [0.717, 1.165) is 41.4 Å². The van der Waals surface area contributed by atoms with Crippen LogP contribution in [0.4, 0.5) is 0 Å². The van der Waals surface area contributed by atoms with Crippen molar-refractivity contribution < 1.29 is 0 Å². The van der Waals surface area contributed by atoms with E-state index in [-0.39, 0.29) is 5.41 Å². The lowest BCUT2D eigenvalue weighted by Gasteiger charge is -2.40. The van der Waals surface area contributed by atoms with E-state index >= 15 is 0 Å². The number of rotatable bonds is 4. The first-order valence-electron chi connectivity index (χ1n) is 7.02. The van der Waals surface area contributed by atoms with Crippen LogP contribution in [0.1, 0.15) is 32.0 Å². The van der Waals surface area contributed by atoms with Crippen LogP contribution >= 0.6 is 11.6 Å². The van der Waals surface area contributed by atoms with Crippen LogP contribution in [0.3, 0.4) is 0 Å². The maximum Gasteiger partial charge on any atom is 0.110 e. The Morgan fingerprint density at radius 2 is 2.21 bits per heavy atom. The number of fused-ring (bicyclic) bond motifs is 1. The average Bonchev–Trinajstić information content (AvgIpc) is 2.70. The first-order valence-corrected chi connectivity index (χ1v) is 7.40. The maximum atomic E-state index is 6.09. The van der Waals surface area contributed by atoms with Crippen molar-refractivity contribution in [2.45, 2.75) is 39.2 Å². The average molecular weight is 278 g/mol. The summed E-state index contributed by atoms with van der Waals surface area (Å²) in [5.41, 5.74) is 8.43. The van der Waals surface area contributed by atoms with Gasteiger partial charge in [0, 0.05) is 18.0 Å². The third-order valence-corrected chi connectivity index (χ3v) is 4.72. The molecule has 1 aliphatic rings. The van der Waals surface area contributed by atoms with Gasteiger partial charge in [-0.2, -0.15) is 0 Å². The van der Waals surface area contributed by atoms with Gasteiger partial charge in [0.2, 0.25) is 0 Å².